The molecular weight excluding hydrogens is 272 g/mol. The first-order valence-corrected chi connectivity index (χ1v) is 8.34. The molecule has 0 amide bonds. The van der Waals surface area contributed by atoms with Gasteiger partial charge in [0.25, 0.3) is 0 Å². The first kappa shape index (κ1) is 14.0. The summed E-state index contributed by atoms with van der Waals surface area (Å²) in [5.74, 6) is 0.353. The van der Waals surface area contributed by atoms with Gasteiger partial charge in [0.1, 0.15) is 0 Å². The molecule has 3 nitrogen and oxygen atoms in total. The van der Waals surface area contributed by atoms with Crippen molar-refractivity contribution in [1.29, 1.82) is 0 Å². The van der Waals surface area contributed by atoms with Crippen molar-refractivity contribution in [3.8, 4) is 0 Å². The number of hydrogen-bond acceptors (Lipinski definition) is 2. The number of rotatable bonds is 3. The Morgan fingerprint density at radius 3 is 2.95 bits per heavy atom. The van der Waals surface area contributed by atoms with Gasteiger partial charge in [0.15, 0.2) is 0 Å². The summed E-state index contributed by atoms with van der Waals surface area (Å²) < 4.78 is 0. The van der Waals surface area contributed by atoms with E-state index in [1.54, 1.807) is 0 Å². The highest BCUT2D eigenvalue weighted by Crippen LogP contribution is 2.40. The molecular formula is C19H24N2O. The maximum atomic E-state index is 10.6. The zero-order valence-corrected chi connectivity index (χ0v) is 13.2. The van der Waals surface area contributed by atoms with Crippen molar-refractivity contribution in [2.24, 2.45) is 5.92 Å². The van der Waals surface area contributed by atoms with Gasteiger partial charge in [-0.1, -0.05) is 30.4 Å². The van der Waals surface area contributed by atoms with E-state index < -0.39 is 0 Å². The fourth-order valence-corrected chi connectivity index (χ4v) is 4.49. The van der Waals surface area contributed by atoms with Gasteiger partial charge in [-0.2, -0.15) is 0 Å². The van der Waals surface area contributed by atoms with Crippen LogP contribution in [0.4, 0.5) is 0 Å². The Kier molecular flexibility index (Phi) is 3.35. The normalized spacial score (nSPS) is 31.5. The van der Waals surface area contributed by atoms with Crippen LogP contribution in [0, 0.1) is 5.92 Å². The molecule has 2 aliphatic rings. The van der Waals surface area contributed by atoms with Crippen molar-refractivity contribution >= 4 is 10.9 Å². The quantitative estimate of drug-likeness (QED) is 0.854. The monoisotopic (exact) mass is 296 g/mol. The van der Waals surface area contributed by atoms with Crippen LogP contribution in [-0.2, 0) is 6.42 Å². The lowest BCUT2D eigenvalue weighted by molar-refractivity contribution is 0.103. The smallest absolute Gasteiger partial charge is 0.0777 e. The third kappa shape index (κ3) is 2.03. The molecule has 2 N–H and O–H groups in total. The maximum Gasteiger partial charge on any atom is 0.0777 e. The number of aromatic amines is 1. The van der Waals surface area contributed by atoms with Crippen molar-refractivity contribution in [2.75, 3.05) is 0 Å². The Balaban J connectivity index is 1.69. The number of aliphatic hydroxyl groups excluding tert-OH is 1. The Morgan fingerprint density at radius 2 is 2.14 bits per heavy atom. The predicted octanol–water partition coefficient (Wildman–Crippen LogP) is 3.11. The molecule has 1 aromatic carbocycles. The van der Waals surface area contributed by atoms with Gasteiger partial charge in [0.05, 0.1) is 12.1 Å². The van der Waals surface area contributed by atoms with Crippen LogP contribution in [-0.4, -0.2) is 39.2 Å². The van der Waals surface area contributed by atoms with Crippen LogP contribution in [0.3, 0.4) is 0 Å². The number of allylic oxidation sites excluding steroid dienone is 1. The van der Waals surface area contributed by atoms with Gasteiger partial charge in [0.2, 0.25) is 0 Å². The molecule has 1 saturated heterocycles. The standard InChI is InChI=1S/C19H24N2O/c1-12(2)21-17-9-5-7-15(19(17)22)18(21)10-13-11-20-16-8-4-3-6-14(13)16/h3-6,8-9,11-12,15,17-20,22H,7,10H2,1-2H3/t15-,17-,18-,19?/m1/s1. The summed E-state index contributed by atoms with van der Waals surface area (Å²) in [5, 5.41) is 12.0. The van der Waals surface area contributed by atoms with E-state index >= 15 is 0 Å². The van der Waals surface area contributed by atoms with Crippen LogP contribution >= 0.6 is 0 Å². The summed E-state index contributed by atoms with van der Waals surface area (Å²) in [6, 6.07) is 9.53. The van der Waals surface area contributed by atoms with Gasteiger partial charge in [-0.05, 0) is 38.3 Å². The summed E-state index contributed by atoms with van der Waals surface area (Å²) in [6.45, 7) is 4.48. The number of aromatic nitrogens is 1. The third-order valence-electron chi connectivity index (χ3n) is 5.45. The number of benzene rings is 1. The fraction of sp³-hybridized carbons (Fsp3) is 0.474. The molecule has 0 saturated carbocycles. The molecule has 1 aromatic heterocycles. The Morgan fingerprint density at radius 1 is 1.32 bits per heavy atom. The highest BCUT2D eigenvalue weighted by atomic mass is 16.3. The van der Waals surface area contributed by atoms with Crippen LogP contribution in [0.2, 0.25) is 0 Å². The Bertz CT molecular complexity index is 702. The van der Waals surface area contributed by atoms with Gasteiger partial charge in [0, 0.05) is 35.1 Å². The van der Waals surface area contributed by atoms with E-state index in [-0.39, 0.29) is 12.1 Å². The topological polar surface area (TPSA) is 39.3 Å². The van der Waals surface area contributed by atoms with Crippen LogP contribution in [0.15, 0.2) is 42.6 Å². The maximum absolute atomic E-state index is 10.6. The second-order valence-electron chi connectivity index (χ2n) is 6.98. The molecule has 1 aliphatic heterocycles. The van der Waals surface area contributed by atoms with Crippen molar-refractivity contribution < 1.29 is 5.11 Å². The predicted molar refractivity (Wildman–Crippen MR) is 89.8 cm³/mol. The summed E-state index contributed by atoms with van der Waals surface area (Å²) in [5.41, 5.74) is 2.57. The lowest BCUT2D eigenvalue weighted by Gasteiger charge is -2.32. The number of H-pyrrole nitrogens is 1. The first-order valence-electron chi connectivity index (χ1n) is 8.34. The molecule has 2 heterocycles. The lowest BCUT2D eigenvalue weighted by atomic mass is 9.86. The molecule has 1 aliphatic carbocycles. The average molecular weight is 296 g/mol. The molecule has 4 atom stereocenters. The zero-order valence-electron chi connectivity index (χ0n) is 13.2. The lowest BCUT2D eigenvalue weighted by Crippen LogP contribution is -2.43. The highest BCUT2D eigenvalue weighted by Gasteiger charge is 2.48. The highest BCUT2D eigenvalue weighted by molar-refractivity contribution is 5.83. The number of para-hydroxylation sites is 1. The molecule has 2 bridgehead atoms. The largest absolute Gasteiger partial charge is 0.391 e. The summed E-state index contributed by atoms with van der Waals surface area (Å²) >= 11 is 0. The van der Waals surface area contributed by atoms with Crippen LogP contribution in [0.25, 0.3) is 10.9 Å². The van der Waals surface area contributed by atoms with E-state index in [2.05, 4.69) is 66.3 Å². The van der Waals surface area contributed by atoms with Gasteiger partial charge in [-0.3, -0.25) is 4.90 Å². The molecule has 3 heteroatoms. The Hall–Kier alpha value is -1.58. The number of likely N-dealkylation sites (tertiary alicyclic amines) is 1. The summed E-state index contributed by atoms with van der Waals surface area (Å²) in [6.07, 6.45) is 8.38. The molecule has 22 heavy (non-hydrogen) atoms. The molecule has 4 rings (SSSR count). The number of aliphatic hydroxyl groups is 1. The van der Waals surface area contributed by atoms with Crippen molar-refractivity contribution in [2.45, 2.75) is 50.9 Å². The summed E-state index contributed by atoms with van der Waals surface area (Å²) in [4.78, 5) is 5.89. The minimum absolute atomic E-state index is 0.189. The number of nitrogens with zero attached hydrogens (tertiary/aromatic N) is 1. The number of nitrogens with one attached hydrogen (secondary N) is 1. The molecule has 0 spiro atoms. The molecule has 0 radical (unpaired) electrons. The van der Waals surface area contributed by atoms with Gasteiger partial charge in [-0.15, -0.1) is 0 Å². The van der Waals surface area contributed by atoms with Gasteiger partial charge >= 0.3 is 0 Å². The number of fused-ring (bicyclic) bond motifs is 3. The average Bonchev–Trinajstić information content (AvgIpc) is 2.94. The summed E-state index contributed by atoms with van der Waals surface area (Å²) in [7, 11) is 0. The molecule has 1 fully saturated rings. The molecule has 116 valence electrons. The molecule has 2 aromatic rings. The third-order valence-corrected chi connectivity index (χ3v) is 5.45. The number of hydrogen-bond donors (Lipinski definition) is 2. The van der Waals surface area contributed by atoms with E-state index in [4.69, 9.17) is 0 Å². The van der Waals surface area contributed by atoms with Crippen molar-refractivity contribution in [1.82, 2.24) is 9.88 Å². The van der Waals surface area contributed by atoms with Crippen LogP contribution < -0.4 is 0 Å². The molecule has 1 unspecified atom stereocenters. The van der Waals surface area contributed by atoms with Crippen molar-refractivity contribution in [3.05, 3.63) is 48.2 Å². The van der Waals surface area contributed by atoms with Crippen molar-refractivity contribution in [3.63, 3.8) is 0 Å². The van der Waals surface area contributed by atoms with E-state index in [1.807, 2.05) is 0 Å². The van der Waals surface area contributed by atoms with Crippen LogP contribution in [0.5, 0.6) is 0 Å². The van der Waals surface area contributed by atoms with E-state index in [9.17, 15) is 5.11 Å². The minimum atomic E-state index is -0.220. The Labute approximate surface area is 131 Å². The van der Waals surface area contributed by atoms with Gasteiger partial charge in [-0.25, -0.2) is 0 Å². The zero-order chi connectivity index (χ0) is 15.3. The van der Waals surface area contributed by atoms with E-state index in [0.717, 1.165) is 12.8 Å². The second kappa shape index (κ2) is 5.25. The first-order chi connectivity index (χ1) is 10.7. The van der Waals surface area contributed by atoms with E-state index in [0.29, 0.717) is 18.0 Å². The fourth-order valence-electron chi connectivity index (χ4n) is 4.49. The van der Waals surface area contributed by atoms with Gasteiger partial charge < -0.3 is 10.1 Å². The second-order valence-corrected chi connectivity index (χ2v) is 6.98. The minimum Gasteiger partial charge on any atom is -0.391 e. The SMILES string of the molecule is CC(C)N1[C@@H]2C=CC[C@@H](C2O)[C@H]1Cc1c[nH]c2ccccc12. The van der Waals surface area contributed by atoms with Crippen LogP contribution in [0.1, 0.15) is 25.8 Å². The van der Waals surface area contributed by atoms with E-state index in [1.165, 1.54) is 16.5 Å².